The molecule has 2 aromatic carbocycles. The predicted molar refractivity (Wildman–Crippen MR) is 117 cm³/mol. The average Bonchev–Trinajstić information content (AvgIpc) is 3.18. The third-order valence-electron chi connectivity index (χ3n) is 4.64. The number of para-hydroxylation sites is 1. The minimum Gasteiger partial charge on any atom is -0.489 e. The quantitative estimate of drug-likeness (QED) is 0.602. The van der Waals surface area contributed by atoms with Gasteiger partial charge in [-0.05, 0) is 50.1 Å². The van der Waals surface area contributed by atoms with Gasteiger partial charge in [0.15, 0.2) is 5.12 Å². The molecular formula is C23H27NO4S. The van der Waals surface area contributed by atoms with Crippen LogP contribution < -0.4 is 9.64 Å². The van der Waals surface area contributed by atoms with E-state index in [9.17, 15) is 9.59 Å². The molecule has 0 N–H and O–H groups in total. The third kappa shape index (κ3) is 5.76. The summed E-state index contributed by atoms with van der Waals surface area (Å²) in [5, 5.41) is -0.178. The van der Waals surface area contributed by atoms with Crippen LogP contribution in [0.25, 0.3) is 0 Å². The molecule has 0 spiro atoms. The van der Waals surface area contributed by atoms with Crippen LogP contribution in [0.4, 0.5) is 5.69 Å². The number of rotatable bonds is 4. The first-order valence-corrected chi connectivity index (χ1v) is 10.2. The highest BCUT2D eigenvalue weighted by Gasteiger charge is 2.36. The number of thiol groups is 1. The Morgan fingerprint density at radius 3 is 2.59 bits per heavy atom. The highest BCUT2D eigenvalue weighted by atomic mass is 32.1. The first kappa shape index (κ1) is 21.2. The lowest BCUT2D eigenvalue weighted by Crippen LogP contribution is -2.43. The first-order valence-electron chi connectivity index (χ1n) is 9.74. The third-order valence-corrected chi connectivity index (χ3v) is 4.86. The molecule has 2 aromatic rings. The van der Waals surface area contributed by atoms with Gasteiger partial charge < -0.3 is 14.4 Å². The summed E-state index contributed by atoms with van der Waals surface area (Å²) in [6.45, 7) is 6.81. The Bertz CT molecular complexity index is 871. The highest BCUT2D eigenvalue weighted by molar-refractivity contribution is 7.96. The molecular weight excluding hydrogens is 386 g/mol. The summed E-state index contributed by atoms with van der Waals surface area (Å²) in [4.78, 5) is 25.5. The van der Waals surface area contributed by atoms with Gasteiger partial charge in [-0.15, -0.1) is 12.6 Å². The summed E-state index contributed by atoms with van der Waals surface area (Å²) in [6, 6.07) is 15.6. The zero-order chi connectivity index (χ0) is 21.0. The van der Waals surface area contributed by atoms with E-state index in [1.54, 1.807) is 0 Å². The minimum atomic E-state index is -0.517. The van der Waals surface area contributed by atoms with Gasteiger partial charge in [0.2, 0.25) is 0 Å². The Labute approximate surface area is 177 Å². The van der Waals surface area contributed by atoms with Gasteiger partial charge in [-0.1, -0.05) is 30.3 Å². The van der Waals surface area contributed by atoms with Crippen molar-refractivity contribution >= 4 is 29.4 Å². The van der Waals surface area contributed by atoms with E-state index in [2.05, 4.69) is 24.8 Å². The molecule has 5 nitrogen and oxygen atoms in total. The number of carbonyl (C=O) groups excluding carboxylic acids is 2. The maximum absolute atomic E-state index is 12.4. The number of hydrogen-bond donors (Lipinski definition) is 1. The molecule has 1 unspecified atom stereocenters. The number of benzene rings is 2. The highest BCUT2D eigenvalue weighted by Crippen LogP contribution is 2.33. The second-order valence-electron chi connectivity index (χ2n) is 8.16. The van der Waals surface area contributed by atoms with Crippen LogP contribution in [-0.4, -0.2) is 29.3 Å². The molecule has 0 aliphatic carbocycles. The Hall–Kier alpha value is -2.47. The van der Waals surface area contributed by atoms with Crippen molar-refractivity contribution in [2.45, 2.75) is 51.9 Å². The van der Waals surface area contributed by atoms with Crippen molar-refractivity contribution in [1.82, 2.24) is 0 Å². The van der Waals surface area contributed by atoms with Crippen molar-refractivity contribution < 1.29 is 19.1 Å². The van der Waals surface area contributed by atoms with Crippen molar-refractivity contribution in [2.24, 2.45) is 0 Å². The molecule has 0 radical (unpaired) electrons. The molecule has 6 heteroatoms. The summed E-state index contributed by atoms with van der Waals surface area (Å²) in [5.74, 6) is 0.757. The van der Waals surface area contributed by atoms with Crippen molar-refractivity contribution in [3.05, 3.63) is 59.7 Å². The van der Waals surface area contributed by atoms with Crippen LogP contribution >= 0.6 is 12.6 Å². The van der Waals surface area contributed by atoms with Crippen molar-refractivity contribution in [1.29, 1.82) is 0 Å². The van der Waals surface area contributed by atoms with Crippen LogP contribution in [0.5, 0.6) is 5.75 Å². The van der Waals surface area contributed by atoms with Gasteiger partial charge in [0.05, 0.1) is 0 Å². The molecule has 0 saturated carbocycles. The van der Waals surface area contributed by atoms with E-state index in [4.69, 9.17) is 9.47 Å². The molecule has 29 heavy (non-hydrogen) atoms. The van der Waals surface area contributed by atoms with Crippen LogP contribution in [0.3, 0.4) is 0 Å². The topological polar surface area (TPSA) is 55.8 Å². The predicted octanol–water partition coefficient (Wildman–Crippen LogP) is 4.18. The molecule has 2 heterocycles. The number of esters is 1. The largest absolute Gasteiger partial charge is 0.489 e. The van der Waals surface area contributed by atoms with Crippen LogP contribution in [-0.2, 0) is 27.4 Å². The summed E-state index contributed by atoms with van der Waals surface area (Å²) < 4.78 is 10.7. The second kappa shape index (κ2) is 8.91. The summed E-state index contributed by atoms with van der Waals surface area (Å²) in [7, 11) is 0. The fourth-order valence-electron chi connectivity index (χ4n) is 3.41. The maximum atomic E-state index is 12.4. The van der Waals surface area contributed by atoms with Crippen LogP contribution in [0, 0.1) is 0 Å². The Balaban J connectivity index is 0.000000246. The van der Waals surface area contributed by atoms with Gasteiger partial charge in [0.1, 0.15) is 24.0 Å². The zero-order valence-electron chi connectivity index (χ0n) is 17.1. The second-order valence-corrected chi connectivity index (χ2v) is 8.65. The summed E-state index contributed by atoms with van der Waals surface area (Å²) >= 11 is 3.81. The van der Waals surface area contributed by atoms with Gasteiger partial charge in [-0.25, -0.2) is 4.79 Å². The SMILES string of the molecule is CC(C)(C)OC(=O)C1Cc2ccccc2N1CCC(=O)S.c1cc2cc(c1)OC2. The number of ether oxygens (including phenoxy) is 2. The number of fused-ring (bicyclic) bond motifs is 3. The molecule has 4 rings (SSSR count). The first-order chi connectivity index (χ1) is 13.7. The Morgan fingerprint density at radius 1 is 1.17 bits per heavy atom. The number of nitrogens with zero attached hydrogens (tertiary/aromatic N) is 1. The lowest BCUT2D eigenvalue weighted by Gasteiger charge is -2.29. The van der Waals surface area contributed by atoms with Gasteiger partial charge >= 0.3 is 5.97 Å². The molecule has 2 aliphatic rings. The van der Waals surface area contributed by atoms with Crippen molar-refractivity contribution in [3.63, 3.8) is 0 Å². The van der Waals surface area contributed by atoms with E-state index in [1.807, 2.05) is 62.1 Å². The monoisotopic (exact) mass is 413 g/mol. The van der Waals surface area contributed by atoms with E-state index >= 15 is 0 Å². The van der Waals surface area contributed by atoms with Gasteiger partial charge in [0.25, 0.3) is 0 Å². The summed E-state index contributed by atoms with van der Waals surface area (Å²) in [6.07, 6.45) is 0.919. The average molecular weight is 414 g/mol. The molecule has 0 fully saturated rings. The Kier molecular flexibility index (Phi) is 6.52. The van der Waals surface area contributed by atoms with Crippen LogP contribution in [0.1, 0.15) is 38.3 Å². The van der Waals surface area contributed by atoms with Crippen molar-refractivity contribution in [2.75, 3.05) is 11.4 Å². The van der Waals surface area contributed by atoms with E-state index in [-0.39, 0.29) is 17.1 Å². The standard InChI is InChI=1S/C16H21NO3S.C7H6O/c1-16(2,3)20-15(19)13-10-11-6-4-5-7-12(11)17(13)9-8-14(18)21;1-2-6-4-7(3-1)8-5-6/h4-7,13H,8-10H2,1-3H3,(H,18,21);1-4H,5H2. The smallest absolute Gasteiger partial charge is 0.329 e. The molecule has 154 valence electrons. The van der Waals surface area contributed by atoms with E-state index in [0.29, 0.717) is 19.4 Å². The lowest BCUT2D eigenvalue weighted by atomic mass is 10.1. The van der Waals surface area contributed by atoms with Crippen LogP contribution in [0.15, 0.2) is 48.5 Å². The fraction of sp³-hybridized carbons (Fsp3) is 0.391. The molecule has 2 aliphatic heterocycles. The van der Waals surface area contributed by atoms with Crippen LogP contribution in [0.2, 0.25) is 0 Å². The number of anilines is 1. The van der Waals surface area contributed by atoms with Gasteiger partial charge in [0, 0.05) is 25.1 Å². The molecule has 1 atom stereocenters. The fourth-order valence-corrected chi connectivity index (χ4v) is 3.51. The van der Waals surface area contributed by atoms with Crippen molar-refractivity contribution in [3.8, 4) is 5.75 Å². The Morgan fingerprint density at radius 2 is 1.93 bits per heavy atom. The van der Waals surface area contributed by atoms with E-state index in [1.165, 1.54) is 5.56 Å². The molecule has 0 aromatic heterocycles. The maximum Gasteiger partial charge on any atom is 0.329 e. The lowest BCUT2D eigenvalue weighted by molar-refractivity contribution is -0.156. The molecule has 0 saturated heterocycles. The normalized spacial score (nSPS) is 16.4. The van der Waals surface area contributed by atoms with E-state index in [0.717, 1.165) is 23.6 Å². The number of hydrogen-bond acceptors (Lipinski definition) is 5. The molecule has 0 amide bonds. The van der Waals surface area contributed by atoms with E-state index < -0.39 is 5.60 Å². The van der Waals surface area contributed by atoms with Gasteiger partial charge in [-0.2, -0.15) is 0 Å². The minimum absolute atomic E-state index is 0.178. The number of carbonyl (C=O) groups is 2. The zero-order valence-corrected chi connectivity index (χ0v) is 17.9. The molecule has 2 bridgehead atoms. The summed E-state index contributed by atoms with van der Waals surface area (Å²) in [5.41, 5.74) is 2.88. The van der Waals surface area contributed by atoms with Gasteiger partial charge in [-0.3, -0.25) is 4.79 Å².